The highest BCUT2D eigenvalue weighted by Gasteiger charge is 2.68. The molecule has 9 nitrogen and oxygen atoms in total. The van der Waals surface area contributed by atoms with Crippen LogP contribution in [0.5, 0.6) is 0 Å². The van der Waals surface area contributed by atoms with E-state index in [1.807, 2.05) is 41.5 Å². The van der Waals surface area contributed by atoms with Crippen LogP contribution >= 0.6 is 0 Å². The number of methoxy groups -OCH3 is 1. The summed E-state index contributed by atoms with van der Waals surface area (Å²) in [7, 11) is -1.91. The van der Waals surface area contributed by atoms with Gasteiger partial charge in [-0.1, -0.05) is 47.6 Å². The van der Waals surface area contributed by atoms with Crippen LogP contribution in [0.25, 0.3) is 0 Å². The third kappa shape index (κ3) is 5.83. The summed E-state index contributed by atoms with van der Waals surface area (Å²) >= 11 is 0. The highest BCUT2D eigenvalue weighted by atomic mass is 28.4. The number of aliphatic hydroxyl groups is 1. The Hall–Kier alpha value is -1.30. The average molecular weight is 517 g/mol. The molecule has 2 aliphatic rings. The first kappa shape index (κ1) is 29.9. The van der Waals surface area contributed by atoms with Gasteiger partial charge in [-0.2, -0.15) is 0 Å². The van der Waals surface area contributed by atoms with Crippen molar-refractivity contribution in [3.63, 3.8) is 0 Å². The number of aliphatic hydroxyl groups excluding tert-OH is 1. The summed E-state index contributed by atoms with van der Waals surface area (Å²) in [5.41, 5.74) is -0.719. The van der Waals surface area contributed by atoms with E-state index in [-0.39, 0.29) is 19.6 Å². The van der Waals surface area contributed by atoms with Gasteiger partial charge in [-0.25, -0.2) is 4.79 Å². The topological polar surface area (TPSA) is 110 Å². The molecule has 35 heavy (non-hydrogen) atoms. The van der Waals surface area contributed by atoms with Crippen LogP contribution in [-0.4, -0.2) is 76.1 Å². The van der Waals surface area contributed by atoms with Crippen molar-refractivity contribution in [2.45, 2.75) is 109 Å². The molecule has 0 aromatic heterocycles. The summed E-state index contributed by atoms with van der Waals surface area (Å²) in [5, 5.41) is 10.5. The molecule has 0 spiro atoms. The van der Waals surface area contributed by atoms with Crippen LogP contribution in [0.4, 0.5) is 0 Å². The van der Waals surface area contributed by atoms with Gasteiger partial charge < -0.3 is 32.9 Å². The minimum Gasteiger partial charge on any atom is -0.465 e. The molecule has 2 fully saturated rings. The normalized spacial score (nSPS) is 31.3. The Labute approximate surface area is 210 Å². The van der Waals surface area contributed by atoms with Gasteiger partial charge in [0.15, 0.2) is 0 Å². The second-order valence-electron chi connectivity index (χ2n) is 12.4. The molecule has 2 rings (SSSR count). The number of carbonyl (C=O) groups excluding carboxylic acids is 2. The number of ether oxygens (including phenoxy) is 4. The molecule has 0 aliphatic carbocycles. The average Bonchev–Trinajstić information content (AvgIpc) is 2.72. The highest BCUT2D eigenvalue weighted by molar-refractivity contribution is 6.73. The van der Waals surface area contributed by atoms with E-state index < -0.39 is 66.2 Å². The summed E-state index contributed by atoms with van der Waals surface area (Å²) in [6, 6.07) is 0. The number of rotatable bonds is 6. The van der Waals surface area contributed by atoms with E-state index in [1.165, 1.54) is 13.2 Å². The Morgan fingerprint density at radius 1 is 1.06 bits per heavy atom. The van der Waals surface area contributed by atoms with Crippen LogP contribution in [0.1, 0.15) is 68.7 Å². The molecule has 10 heteroatoms. The Balaban J connectivity index is 2.56. The van der Waals surface area contributed by atoms with E-state index in [2.05, 4.69) is 6.58 Å². The van der Waals surface area contributed by atoms with Crippen LogP contribution < -0.4 is 0 Å². The second-order valence-corrected chi connectivity index (χ2v) is 17.1. The van der Waals surface area contributed by atoms with E-state index in [4.69, 9.17) is 27.8 Å². The van der Waals surface area contributed by atoms with Gasteiger partial charge in [0.05, 0.1) is 25.2 Å². The fraction of sp³-hybridized carbons (Fsp3) is 0.840. The van der Waals surface area contributed by atoms with Crippen molar-refractivity contribution in [2.24, 2.45) is 5.41 Å². The molecule has 0 aromatic carbocycles. The first-order valence-corrected chi connectivity index (χ1v) is 13.9. The fourth-order valence-corrected chi connectivity index (χ4v) is 9.87. The number of carbonyl (C=O) groups is 2. The molecule has 2 heterocycles. The molecular weight excluding hydrogens is 472 g/mol. The lowest BCUT2D eigenvalue weighted by Crippen LogP contribution is -2.74. The lowest BCUT2D eigenvalue weighted by Gasteiger charge is -2.59. The molecular formula is C25H44O9Si. The maximum Gasteiger partial charge on any atom is 0.366 e. The van der Waals surface area contributed by atoms with Crippen LogP contribution in [0.3, 0.4) is 0 Å². The molecule has 202 valence electrons. The minimum atomic E-state index is -3.13. The summed E-state index contributed by atoms with van der Waals surface area (Å²) < 4.78 is 36.0. The van der Waals surface area contributed by atoms with E-state index >= 15 is 0 Å². The Morgan fingerprint density at radius 3 is 2.09 bits per heavy atom. The van der Waals surface area contributed by atoms with Crippen molar-refractivity contribution in [1.29, 1.82) is 0 Å². The Kier molecular flexibility index (Phi) is 8.74. The number of fused-ring (bicyclic) bond motifs is 1. The zero-order valence-corrected chi connectivity index (χ0v) is 23.9. The van der Waals surface area contributed by atoms with Gasteiger partial charge >= 0.3 is 20.5 Å². The van der Waals surface area contributed by atoms with Crippen LogP contribution in [0, 0.1) is 5.41 Å². The van der Waals surface area contributed by atoms with Gasteiger partial charge in [-0.15, -0.1) is 6.58 Å². The summed E-state index contributed by atoms with van der Waals surface area (Å²) in [6.45, 7) is 21.1. The molecule has 1 N–H and O–H groups in total. The predicted molar refractivity (Wildman–Crippen MR) is 132 cm³/mol. The van der Waals surface area contributed by atoms with Gasteiger partial charge in [0.2, 0.25) is 0 Å². The maximum atomic E-state index is 12.8. The lowest BCUT2D eigenvalue weighted by atomic mass is 9.92. The minimum absolute atomic E-state index is 0.00668. The summed E-state index contributed by atoms with van der Waals surface area (Å²) in [5.74, 6) is -3.07. The van der Waals surface area contributed by atoms with E-state index in [1.54, 1.807) is 20.8 Å². The lowest BCUT2D eigenvalue weighted by molar-refractivity contribution is -0.330. The van der Waals surface area contributed by atoms with Gasteiger partial charge in [0, 0.05) is 16.5 Å². The third-order valence-electron chi connectivity index (χ3n) is 6.39. The second kappa shape index (κ2) is 10.2. The maximum absolute atomic E-state index is 12.8. The molecule has 0 radical (unpaired) electrons. The third-order valence-corrected chi connectivity index (χ3v) is 11.6. The Morgan fingerprint density at radius 2 is 1.63 bits per heavy atom. The van der Waals surface area contributed by atoms with E-state index in [0.717, 1.165) is 0 Å². The van der Waals surface area contributed by atoms with E-state index in [0.29, 0.717) is 0 Å². The smallest absolute Gasteiger partial charge is 0.366 e. The summed E-state index contributed by atoms with van der Waals surface area (Å²) in [6.07, 6.45) is -2.43. The molecule has 0 amide bonds. The van der Waals surface area contributed by atoms with Crippen LogP contribution in [0.15, 0.2) is 12.7 Å². The van der Waals surface area contributed by atoms with Crippen molar-refractivity contribution in [1.82, 2.24) is 0 Å². The number of esters is 2. The van der Waals surface area contributed by atoms with Gasteiger partial charge in [0.1, 0.15) is 24.9 Å². The first-order valence-electron chi connectivity index (χ1n) is 12.1. The van der Waals surface area contributed by atoms with E-state index in [9.17, 15) is 14.7 Å². The number of hydrogen-bond acceptors (Lipinski definition) is 9. The van der Waals surface area contributed by atoms with Crippen molar-refractivity contribution < 1.29 is 42.5 Å². The zero-order valence-electron chi connectivity index (χ0n) is 22.9. The molecule has 0 saturated carbocycles. The van der Waals surface area contributed by atoms with Crippen molar-refractivity contribution in [3.05, 3.63) is 12.7 Å². The van der Waals surface area contributed by atoms with Gasteiger partial charge in [0.25, 0.3) is 5.79 Å². The van der Waals surface area contributed by atoms with Gasteiger partial charge in [-0.3, -0.25) is 4.79 Å². The molecule has 0 bridgehead atoms. The zero-order chi connectivity index (χ0) is 27.0. The monoisotopic (exact) mass is 516 g/mol. The van der Waals surface area contributed by atoms with Crippen LogP contribution in [0.2, 0.25) is 10.1 Å². The SMILES string of the molecule is C=CCO[C@]1(C(=O)OC)C[C@@H](O)[C@H]2O[Si](C(C)(C)C)(C(C)(C)C)O[C@@H](COC(=O)C(C)(C)C)[C@H]2O1. The standard InChI is InChI=1S/C25H44O9Si/c1-12-13-31-25(21(28)29-11)14-16(26)18-19(32-25)17(15-30-20(27)22(2,3)4)33-35(34-18,23(5,6)7)24(8,9)10/h12,16-19,26H,1,13-15H2,2-11H3/t16-,17+,18-,19-,25-/m1/s1. The molecule has 0 unspecified atom stereocenters. The number of hydrogen-bond donors (Lipinski definition) is 1. The molecule has 2 saturated heterocycles. The quantitative estimate of drug-likeness (QED) is 0.321. The first-order chi connectivity index (χ1) is 15.8. The predicted octanol–water partition coefficient (Wildman–Crippen LogP) is 3.62. The fourth-order valence-electron chi connectivity index (χ4n) is 4.85. The largest absolute Gasteiger partial charge is 0.465 e. The van der Waals surface area contributed by atoms with Crippen LogP contribution in [-0.2, 0) is 37.4 Å². The Bertz CT molecular complexity index is 778. The van der Waals surface area contributed by atoms with Crippen molar-refractivity contribution >= 4 is 20.5 Å². The summed E-state index contributed by atoms with van der Waals surface area (Å²) in [4.78, 5) is 25.4. The van der Waals surface area contributed by atoms with Gasteiger partial charge in [-0.05, 0) is 20.8 Å². The highest BCUT2D eigenvalue weighted by Crippen LogP contribution is 2.56. The van der Waals surface area contributed by atoms with Crippen molar-refractivity contribution in [3.8, 4) is 0 Å². The van der Waals surface area contributed by atoms with Crippen molar-refractivity contribution in [2.75, 3.05) is 20.3 Å². The molecule has 2 aliphatic heterocycles. The molecule has 0 aromatic rings. The molecule has 5 atom stereocenters.